The number of aliphatic hydroxyl groups excluding tert-OH is 1. The van der Waals surface area contributed by atoms with E-state index in [0.717, 1.165) is 22.6 Å². The molecule has 4 nitrogen and oxygen atoms in total. The molecule has 2 aromatic heterocycles. The SMILES string of the molecule is CCc1ccc(CNS(=O)(=O)c2ccc(CO)s2)s1. The third kappa shape index (κ3) is 3.64. The van der Waals surface area contributed by atoms with Crippen LogP contribution in [-0.4, -0.2) is 13.5 Å². The van der Waals surface area contributed by atoms with Crippen LogP contribution in [0.4, 0.5) is 0 Å². The molecule has 2 aromatic rings. The first kappa shape index (κ1) is 14.7. The van der Waals surface area contributed by atoms with Crippen molar-refractivity contribution in [3.05, 3.63) is 38.9 Å². The molecule has 0 aliphatic rings. The lowest BCUT2D eigenvalue weighted by molar-refractivity contribution is 0.285. The molecule has 0 saturated carbocycles. The van der Waals surface area contributed by atoms with Crippen molar-refractivity contribution in [2.45, 2.75) is 30.7 Å². The molecule has 0 atom stereocenters. The average Bonchev–Trinajstić information content (AvgIpc) is 3.05. The highest BCUT2D eigenvalue weighted by Gasteiger charge is 2.16. The van der Waals surface area contributed by atoms with Gasteiger partial charge in [-0.2, -0.15) is 0 Å². The molecule has 2 rings (SSSR count). The maximum absolute atomic E-state index is 12.0. The fourth-order valence-corrected chi connectivity index (χ4v) is 4.79. The lowest BCUT2D eigenvalue weighted by Crippen LogP contribution is -2.21. The van der Waals surface area contributed by atoms with E-state index in [1.165, 1.54) is 10.9 Å². The molecule has 2 heterocycles. The van der Waals surface area contributed by atoms with Gasteiger partial charge >= 0.3 is 0 Å². The van der Waals surface area contributed by atoms with Crippen molar-refractivity contribution in [1.82, 2.24) is 4.72 Å². The minimum absolute atomic E-state index is 0.134. The average molecular weight is 317 g/mol. The second kappa shape index (κ2) is 6.15. The predicted octanol–water partition coefficient (Wildman–Crippen LogP) is 2.34. The van der Waals surface area contributed by atoms with Crippen molar-refractivity contribution >= 4 is 32.7 Å². The number of aliphatic hydroxyl groups is 1. The van der Waals surface area contributed by atoms with E-state index in [1.807, 2.05) is 12.1 Å². The first-order valence-corrected chi connectivity index (χ1v) is 8.93. The van der Waals surface area contributed by atoms with Gasteiger partial charge in [-0.1, -0.05) is 6.92 Å². The van der Waals surface area contributed by atoms with Crippen molar-refractivity contribution < 1.29 is 13.5 Å². The van der Waals surface area contributed by atoms with E-state index < -0.39 is 10.0 Å². The van der Waals surface area contributed by atoms with E-state index in [1.54, 1.807) is 17.4 Å². The van der Waals surface area contributed by atoms with Crippen LogP contribution in [0.15, 0.2) is 28.5 Å². The van der Waals surface area contributed by atoms with Crippen LogP contribution in [0.1, 0.15) is 21.6 Å². The number of rotatable bonds is 6. The van der Waals surface area contributed by atoms with Crippen LogP contribution < -0.4 is 4.72 Å². The third-order valence-electron chi connectivity index (χ3n) is 2.56. The molecule has 0 fully saturated rings. The van der Waals surface area contributed by atoms with E-state index in [9.17, 15) is 8.42 Å². The molecule has 104 valence electrons. The first-order chi connectivity index (χ1) is 9.05. The highest BCUT2D eigenvalue weighted by molar-refractivity contribution is 7.91. The maximum Gasteiger partial charge on any atom is 0.250 e. The Hall–Kier alpha value is -0.730. The van der Waals surface area contributed by atoms with Crippen LogP contribution in [0.5, 0.6) is 0 Å². The fourth-order valence-electron chi connectivity index (χ4n) is 1.53. The van der Waals surface area contributed by atoms with Crippen LogP contribution in [0.2, 0.25) is 0 Å². The smallest absolute Gasteiger partial charge is 0.250 e. The molecule has 0 saturated heterocycles. The second-order valence-electron chi connectivity index (χ2n) is 3.92. The number of hydrogen-bond acceptors (Lipinski definition) is 5. The molecule has 0 aromatic carbocycles. The highest BCUT2D eigenvalue weighted by Crippen LogP contribution is 2.22. The summed E-state index contributed by atoms with van der Waals surface area (Å²) in [6, 6.07) is 7.10. The summed E-state index contributed by atoms with van der Waals surface area (Å²) in [5, 5.41) is 8.95. The van der Waals surface area contributed by atoms with Gasteiger partial charge in [0, 0.05) is 21.2 Å². The van der Waals surface area contributed by atoms with Crippen molar-refractivity contribution in [3.63, 3.8) is 0 Å². The van der Waals surface area contributed by atoms with Crippen molar-refractivity contribution in [2.24, 2.45) is 0 Å². The zero-order chi connectivity index (χ0) is 13.9. The molecule has 2 N–H and O–H groups in total. The summed E-state index contributed by atoms with van der Waals surface area (Å²) >= 11 is 2.70. The third-order valence-corrected chi connectivity index (χ3v) is 6.75. The Kier molecular flexibility index (Phi) is 4.75. The zero-order valence-electron chi connectivity index (χ0n) is 10.4. The van der Waals surface area contributed by atoms with Crippen LogP contribution in [0.3, 0.4) is 0 Å². The van der Waals surface area contributed by atoms with Gasteiger partial charge in [-0.05, 0) is 30.7 Å². The van der Waals surface area contributed by atoms with Gasteiger partial charge in [0.05, 0.1) is 6.61 Å². The van der Waals surface area contributed by atoms with Crippen molar-refractivity contribution in [1.29, 1.82) is 0 Å². The monoisotopic (exact) mass is 317 g/mol. The van der Waals surface area contributed by atoms with E-state index in [4.69, 9.17) is 5.11 Å². The standard InChI is InChI=1S/C12H15NO3S3/c1-2-9-3-4-10(17-9)7-13-19(15,16)12-6-5-11(8-14)18-12/h3-6,13-14H,2,7-8H2,1H3. The van der Waals surface area contributed by atoms with Crippen LogP contribution >= 0.6 is 22.7 Å². The first-order valence-electron chi connectivity index (χ1n) is 5.82. The van der Waals surface area contributed by atoms with Crippen molar-refractivity contribution in [2.75, 3.05) is 0 Å². The summed E-state index contributed by atoms with van der Waals surface area (Å²) in [5.74, 6) is 0. The molecular weight excluding hydrogens is 302 g/mol. The van der Waals surface area contributed by atoms with Crippen LogP contribution in [0.25, 0.3) is 0 Å². The summed E-state index contributed by atoms with van der Waals surface area (Å²) < 4.78 is 26.9. The van der Waals surface area contributed by atoms with E-state index in [0.29, 0.717) is 11.4 Å². The van der Waals surface area contributed by atoms with Gasteiger partial charge in [0.2, 0.25) is 10.0 Å². The molecule has 0 bridgehead atoms. The number of nitrogens with one attached hydrogen (secondary N) is 1. The lowest BCUT2D eigenvalue weighted by Gasteiger charge is -2.02. The minimum Gasteiger partial charge on any atom is -0.391 e. The van der Waals surface area contributed by atoms with Gasteiger partial charge in [0.25, 0.3) is 0 Å². The summed E-state index contributed by atoms with van der Waals surface area (Å²) in [5.41, 5.74) is 0. The Morgan fingerprint density at radius 3 is 2.37 bits per heavy atom. The summed E-state index contributed by atoms with van der Waals surface area (Å²) in [6.45, 7) is 2.24. The molecule has 0 amide bonds. The summed E-state index contributed by atoms with van der Waals surface area (Å²) in [7, 11) is -3.48. The Morgan fingerprint density at radius 1 is 1.11 bits per heavy atom. The molecule has 0 unspecified atom stereocenters. The summed E-state index contributed by atoms with van der Waals surface area (Å²) in [6.07, 6.45) is 0.961. The summed E-state index contributed by atoms with van der Waals surface area (Å²) in [4.78, 5) is 2.89. The quantitative estimate of drug-likeness (QED) is 0.859. The van der Waals surface area contributed by atoms with Gasteiger partial charge in [-0.25, -0.2) is 13.1 Å². The van der Waals surface area contributed by atoms with Gasteiger partial charge in [-0.3, -0.25) is 0 Å². The van der Waals surface area contributed by atoms with Crippen LogP contribution in [0, 0.1) is 0 Å². The van der Waals surface area contributed by atoms with E-state index in [-0.39, 0.29) is 10.8 Å². The van der Waals surface area contributed by atoms with Gasteiger partial charge < -0.3 is 5.11 Å². The van der Waals surface area contributed by atoms with Crippen molar-refractivity contribution in [3.8, 4) is 0 Å². The Balaban J connectivity index is 2.05. The molecule has 0 spiro atoms. The van der Waals surface area contributed by atoms with E-state index >= 15 is 0 Å². The predicted molar refractivity (Wildman–Crippen MR) is 78.0 cm³/mol. The largest absolute Gasteiger partial charge is 0.391 e. The Labute approximate surface area is 120 Å². The molecule has 0 aliphatic carbocycles. The normalized spacial score (nSPS) is 11.9. The highest BCUT2D eigenvalue weighted by atomic mass is 32.2. The molecule has 0 radical (unpaired) electrons. The molecule has 19 heavy (non-hydrogen) atoms. The molecule has 0 aliphatic heterocycles. The lowest BCUT2D eigenvalue weighted by atomic mass is 10.4. The molecular formula is C12H15NO3S3. The van der Waals surface area contributed by atoms with E-state index in [2.05, 4.69) is 11.6 Å². The topological polar surface area (TPSA) is 66.4 Å². The number of sulfonamides is 1. The van der Waals surface area contributed by atoms with Crippen LogP contribution in [-0.2, 0) is 29.6 Å². The number of aryl methyl sites for hydroxylation is 1. The zero-order valence-corrected chi connectivity index (χ0v) is 12.9. The number of thiophene rings is 2. The molecule has 7 heteroatoms. The Bertz CT molecular complexity index is 643. The van der Waals surface area contributed by atoms with Gasteiger partial charge in [-0.15, -0.1) is 22.7 Å². The number of hydrogen-bond donors (Lipinski definition) is 2. The fraction of sp³-hybridized carbons (Fsp3) is 0.333. The van der Waals surface area contributed by atoms with Gasteiger partial charge in [0.15, 0.2) is 0 Å². The second-order valence-corrected chi connectivity index (χ2v) is 8.34. The Morgan fingerprint density at radius 2 is 1.79 bits per heavy atom. The van der Waals surface area contributed by atoms with Gasteiger partial charge in [0.1, 0.15) is 4.21 Å². The maximum atomic E-state index is 12.0. The minimum atomic E-state index is -3.48.